The molecule has 2 aromatic carbocycles. The molecule has 178 valence electrons. The molecular weight excluding hydrogens is 436 g/mol. The summed E-state index contributed by atoms with van der Waals surface area (Å²) in [6.07, 6.45) is 3.89. The van der Waals surface area contributed by atoms with Gasteiger partial charge in [0.2, 0.25) is 0 Å². The predicted molar refractivity (Wildman–Crippen MR) is 128 cm³/mol. The molecular formula is C27H29F2N3O2. The van der Waals surface area contributed by atoms with E-state index in [0.717, 1.165) is 44.3 Å². The van der Waals surface area contributed by atoms with Crippen molar-refractivity contribution < 1.29 is 13.6 Å². The van der Waals surface area contributed by atoms with Gasteiger partial charge in [-0.05, 0) is 74.9 Å². The van der Waals surface area contributed by atoms with Crippen molar-refractivity contribution in [3.8, 4) is 0 Å². The average Bonchev–Trinajstić information content (AvgIpc) is 3.28. The first-order chi connectivity index (χ1) is 16.4. The van der Waals surface area contributed by atoms with Crippen LogP contribution in [0.3, 0.4) is 0 Å². The Hall–Kier alpha value is -3.06. The van der Waals surface area contributed by atoms with Crippen LogP contribution in [0.5, 0.6) is 0 Å². The molecule has 1 amide bonds. The summed E-state index contributed by atoms with van der Waals surface area (Å²) in [6.45, 7) is 3.85. The van der Waals surface area contributed by atoms with Crippen LogP contribution in [0, 0.1) is 30.4 Å². The Labute approximate surface area is 197 Å². The summed E-state index contributed by atoms with van der Waals surface area (Å²) in [7, 11) is 0. The van der Waals surface area contributed by atoms with Gasteiger partial charge in [0.1, 0.15) is 11.6 Å². The van der Waals surface area contributed by atoms with E-state index in [9.17, 15) is 18.4 Å². The molecule has 1 aliphatic carbocycles. The topological polar surface area (TPSA) is 63.1 Å². The molecule has 0 bridgehead atoms. The van der Waals surface area contributed by atoms with Crippen molar-refractivity contribution in [1.82, 2.24) is 15.2 Å². The molecule has 5 nitrogen and oxygen atoms in total. The van der Waals surface area contributed by atoms with E-state index in [0.29, 0.717) is 23.2 Å². The average molecular weight is 466 g/mol. The van der Waals surface area contributed by atoms with Crippen LogP contribution < -0.4 is 16.2 Å². The highest BCUT2D eigenvalue weighted by Crippen LogP contribution is 2.38. The number of carbonyl (C=O) groups is 1. The highest BCUT2D eigenvalue weighted by molar-refractivity contribution is 6.08. The molecule has 2 N–H and O–H groups in total. The number of fused-ring (bicyclic) bond motifs is 1. The third kappa shape index (κ3) is 4.13. The fourth-order valence-electron chi connectivity index (χ4n) is 5.36. The van der Waals surface area contributed by atoms with E-state index in [2.05, 4.69) is 10.6 Å². The summed E-state index contributed by atoms with van der Waals surface area (Å²) in [6, 6.07) is 10.4. The molecule has 1 saturated carbocycles. The van der Waals surface area contributed by atoms with Crippen molar-refractivity contribution in [3.05, 3.63) is 81.3 Å². The van der Waals surface area contributed by atoms with Crippen molar-refractivity contribution in [1.29, 1.82) is 0 Å². The van der Waals surface area contributed by atoms with E-state index in [4.69, 9.17) is 0 Å². The Bertz CT molecular complexity index is 1290. The third-order valence-corrected chi connectivity index (χ3v) is 7.45. The quantitative estimate of drug-likeness (QED) is 0.565. The zero-order valence-electron chi connectivity index (χ0n) is 19.2. The van der Waals surface area contributed by atoms with Crippen LogP contribution in [0.1, 0.15) is 53.3 Å². The summed E-state index contributed by atoms with van der Waals surface area (Å²) in [5, 5.41) is 6.66. The van der Waals surface area contributed by atoms with Gasteiger partial charge in [-0.25, -0.2) is 8.78 Å². The van der Waals surface area contributed by atoms with E-state index < -0.39 is 11.4 Å². The molecule has 5 rings (SSSR count). The number of benzene rings is 2. The Kier molecular flexibility index (Phi) is 6.21. The summed E-state index contributed by atoms with van der Waals surface area (Å²) in [5.74, 6) is -0.891. The molecule has 2 heterocycles. The molecule has 0 unspecified atom stereocenters. The number of nitrogens with one attached hydrogen (secondary N) is 2. The molecule has 0 radical (unpaired) electrons. The van der Waals surface area contributed by atoms with Gasteiger partial charge in [-0.1, -0.05) is 30.7 Å². The van der Waals surface area contributed by atoms with Crippen LogP contribution in [0.4, 0.5) is 8.78 Å². The molecule has 2 fully saturated rings. The lowest BCUT2D eigenvalue weighted by molar-refractivity contribution is 0.0900. The Morgan fingerprint density at radius 2 is 1.97 bits per heavy atom. The standard InChI is InChI=1S/C27H29F2N3O2/c1-16-23(26(33)31-25(18-5-2-6-18)19-7-3-8-20(28)13-19)21-9-4-10-22(29)24(21)27(34)32(16)15-17-11-12-30-14-17/h3-4,7-10,13,17-18,25,30H,2,5-6,11-12,14-15H2,1H3,(H,31,33)/t17-,25-/m0/s1. The molecule has 3 aromatic rings. The minimum absolute atomic E-state index is 0.0600. The Balaban J connectivity index is 1.59. The second-order valence-electron chi connectivity index (χ2n) is 9.59. The molecule has 1 saturated heterocycles. The number of hydrogen-bond acceptors (Lipinski definition) is 3. The summed E-state index contributed by atoms with van der Waals surface area (Å²) >= 11 is 0. The first-order valence-corrected chi connectivity index (χ1v) is 12.0. The Morgan fingerprint density at radius 3 is 2.65 bits per heavy atom. The van der Waals surface area contributed by atoms with Crippen molar-refractivity contribution in [2.45, 2.75) is 45.2 Å². The number of hydrogen-bond donors (Lipinski definition) is 2. The second kappa shape index (κ2) is 9.29. The maximum absolute atomic E-state index is 14.9. The van der Waals surface area contributed by atoms with Gasteiger partial charge in [-0.2, -0.15) is 0 Å². The lowest BCUT2D eigenvalue weighted by atomic mass is 9.77. The maximum Gasteiger partial charge on any atom is 0.261 e. The van der Waals surface area contributed by atoms with Crippen LogP contribution in [0.25, 0.3) is 10.8 Å². The first kappa shape index (κ1) is 22.7. The van der Waals surface area contributed by atoms with Crippen LogP contribution in [0.15, 0.2) is 47.3 Å². The number of rotatable bonds is 6. The predicted octanol–water partition coefficient (Wildman–Crippen LogP) is 4.47. The van der Waals surface area contributed by atoms with Crippen molar-refractivity contribution >= 4 is 16.7 Å². The smallest absolute Gasteiger partial charge is 0.261 e. The maximum atomic E-state index is 14.9. The largest absolute Gasteiger partial charge is 0.345 e. The van der Waals surface area contributed by atoms with E-state index in [1.54, 1.807) is 23.6 Å². The lowest BCUT2D eigenvalue weighted by Gasteiger charge is -2.35. The van der Waals surface area contributed by atoms with Gasteiger partial charge in [0.15, 0.2) is 0 Å². The second-order valence-corrected chi connectivity index (χ2v) is 9.59. The zero-order valence-corrected chi connectivity index (χ0v) is 19.2. The SMILES string of the molecule is Cc1c(C(=O)N[C@H](c2cccc(F)c2)C2CCC2)c2cccc(F)c2c(=O)n1C[C@H]1CCNC1. The van der Waals surface area contributed by atoms with Gasteiger partial charge in [0, 0.05) is 17.6 Å². The van der Waals surface area contributed by atoms with E-state index in [-0.39, 0.29) is 35.0 Å². The van der Waals surface area contributed by atoms with Crippen molar-refractivity contribution in [3.63, 3.8) is 0 Å². The normalized spacial score (nSPS) is 19.2. The molecule has 7 heteroatoms. The van der Waals surface area contributed by atoms with Crippen LogP contribution >= 0.6 is 0 Å². The van der Waals surface area contributed by atoms with Crippen molar-refractivity contribution in [2.75, 3.05) is 13.1 Å². The number of aromatic nitrogens is 1. The van der Waals surface area contributed by atoms with Crippen LogP contribution in [0.2, 0.25) is 0 Å². The molecule has 1 aliphatic heterocycles. The minimum Gasteiger partial charge on any atom is -0.345 e. The lowest BCUT2D eigenvalue weighted by Crippen LogP contribution is -2.38. The van der Waals surface area contributed by atoms with Gasteiger partial charge >= 0.3 is 0 Å². The van der Waals surface area contributed by atoms with Crippen molar-refractivity contribution in [2.24, 2.45) is 11.8 Å². The first-order valence-electron chi connectivity index (χ1n) is 12.0. The van der Waals surface area contributed by atoms with Crippen LogP contribution in [-0.4, -0.2) is 23.6 Å². The molecule has 0 spiro atoms. The number of amides is 1. The fraction of sp³-hybridized carbons (Fsp3) is 0.407. The Morgan fingerprint density at radius 1 is 1.18 bits per heavy atom. The minimum atomic E-state index is -0.629. The van der Waals surface area contributed by atoms with Gasteiger partial charge in [0.05, 0.1) is 17.0 Å². The number of pyridine rings is 1. The van der Waals surface area contributed by atoms with Gasteiger partial charge < -0.3 is 15.2 Å². The van der Waals surface area contributed by atoms with Crippen LogP contribution in [-0.2, 0) is 6.54 Å². The summed E-state index contributed by atoms with van der Waals surface area (Å²) in [5.41, 5.74) is 1.14. The number of carbonyl (C=O) groups excluding carboxylic acids is 1. The molecule has 1 aromatic heterocycles. The molecule has 2 aliphatic rings. The van der Waals surface area contributed by atoms with Gasteiger partial charge in [-0.3, -0.25) is 9.59 Å². The fourth-order valence-corrected chi connectivity index (χ4v) is 5.36. The highest BCUT2D eigenvalue weighted by Gasteiger charge is 2.32. The third-order valence-electron chi connectivity index (χ3n) is 7.45. The summed E-state index contributed by atoms with van der Waals surface area (Å²) < 4.78 is 30.4. The van der Waals surface area contributed by atoms with E-state index in [1.807, 2.05) is 6.07 Å². The highest BCUT2D eigenvalue weighted by atomic mass is 19.1. The zero-order chi connectivity index (χ0) is 23.8. The summed E-state index contributed by atoms with van der Waals surface area (Å²) in [4.78, 5) is 27.1. The monoisotopic (exact) mass is 465 g/mol. The number of halogens is 2. The molecule has 34 heavy (non-hydrogen) atoms. The number of nitrogens with zero attached hydrogens (tertiary/aromatic N) is 1. The van der Waals surface area contributed by atoms with E-state index >= 15 is 0 Å². The molecule has 2 atom stereocenters. The van der Waals surface area contributed by atoms with Gasteiger partial charge in [-0.15, -0.1) is 0 Å². The van der Waals surface area contributed by atoms with Gasteiger partial charge in [0.25, 0.3) is 11.5 Å². The van der Waals surface area contributed by atoms with E-state index in [1.165, 1.54) is 24.3 Å².